The highest BCUT2D eigenvalue weighted by Gasteiger charge is 2.22. The molecule has 0 amide bonds. The molecule has 0 radical (unpaired) electrons. The van der Waals surface area contributed by atoms with Crippen LogP contribution >= 0.6 is 0 Å². The van der Waals surface area contributed by atoms with Gasteiger partial charge in [-0.05, 0) is 56.0 Å². The first-order valence-corrected chi connectivity index (χ1v) is 12.7. The van der Waals surface area contributed by atoms with Gasteiger partial charge >= 0.3 is 5.97 Å². The summed E-state index contributed by atoms with van der Waals surface area (Å²) in [5, 5.41) is 5.18. The molecule has 0 bridgehead atoms. The Kier molecular flexibility index (Phi) is 8.72. The van der Waals surface area contributed by atoms with Crippen LogP contribution in [0.25, 0.3) is 10.9 Å². The number of rotatable bonds is 10. The Bertz CT molecular complexity index is 1360. The second-order valence-electron chi connectivity index (χ2n) is 8.98. The van der Waals surface area contributed by atoms with Gasteiger partial charge in [-0.1, -0.05) is 37.5 Å². The van der Waals surface area contributed by atoms with Crippen molar-refractivity contribution in [3.8, 4) is 11.5 Å². The highest BCUT2D eigenvalue weighted by molar-refractivity contribution is 5.82. The largest absolute Gasteiger partial charge is 0.490 e. The van der Waals surface area contributed by atoms with E-state index in [1.54, 1.807) is 24.4 Å². The lowest BCUT2D eigenvalue weighted by Gasteiger charge is -2.22. The molecule has 1 fully saturated rings. The molecule has 0 unspecified atom stereocenters. The number of para-hydroxylation sites is 1. The van der Waals surface area contributed by atoms with Crippen LogP contribution in [0.4, 0.5) is 0 Å². The predicted molar refractivity (Wildman–Crippen MR) is 144 cm³/mol. The van der Waals surface area contributed by atoms with Crippen LogP contribution < -0.4 is 15.0 Å². The van der Waals surface area contributed by atoms with E-state index in [4.69, 9.17) is 19.2 Å². The number of ether oxygens (including phenoxy) is 3. The quantitative estimate of drug-likeness (QED) is 0.220. The fourth-order valence-corrected chi connectivity index (χ4v) is 4.68. The molecule has 8 nitrogen and oxygen atoms in total. The molecule has 1 aromatic heterocycles. The van der Waals surface area contributed by atoms with E-state index in [1.807, 2.05) is 31.2 Å². The van der Waals surface area contributed by atoms with Gasteiger partial charge in [0.05, 0.1) is 30.8 Å². The highest BCUT2D eigenvalue weighted by Crippen LogP contribution is 2.34. The normalized spacial score (nSPS) is 14.1. The molecule has 0 N–H and O–H groups in total. The molecule has 2 aromatic carbocycles. The molecule has 4 rings (SSSR count). The van der Waals surface area contributed by atoms with Crippen molar-refractivity contribution in [2.24, 2.45) is 5.10 Å². The fraction of sp³-hybridized carbons (Fsp3) is 0.379. The van der Waals surface area contributed by atoms with Gasteiger partial charge in [0.15, 0.2) is 18.1 Å². The Labute approximate surface area is 216 Å². The van der Waals surface area contributed by atoms with Crippen LogP contribution in [0.1, 0.15) is 61.9 Å². The molecule has 194 valence electrons. The van der Waals surface area contributed by atoms with Gasteiger partial charge in [-0.25, -0.2) is 9.78 Å². The average Bonchev–Trinajstić information content (AvgIpc) is 2.92. The number of benzene rings is 2. The Morgan fingerprint density at radius 3 is 2.70 bits per heavy atom. The first-order valence-electron chi connectivity index (χ1n) is 12.7. The second-order valence-corrected chi connectivity index (χ2v) is 8.98. The van der Waals surface area contributed by atoms with Crippen LogP contribution in [0.15, 0.2) is 58.9 Å². The van der Waals surface area contributed by atoms with Crippen molar-refractivity contribution in [3.63, 3.8) is 0 Å². The standard InChI is InChI=1S/C29H33N3O5/c1-4-11-22-16-20(17-25(36-5-2)27(22)37-19-26(33)35-3)18-30-32-28(21-12-7-6-8-13-21)31-24-15-10-9-14-23(24)29(32)34/h4,9-10,14-18,21H,1,5-8,11-13,19H2,2-3H3. The zero-order chi connectivity index (χ0) is 26.2. The van der Waals surface area contributed by atoms with Crippen LogP contribution in [0.5, 0.6) is 11.5 Å². The predicted octanol–water partition coefficient (Wildman–Crippen LogP) is 5.01. The number of methoxy groups -OCH3 is 1. The van der Waals surface area contributed by atoms with Gasteiger partial charge < -0.3 is 14.2 Å². The van der Waals surface area contributed by atoms with Gasteiger partial charge in [0, 0.05) is 11.5 Å². The number of fused-ring (bicyclic) bond motifs is 1. The van der Waals surface area contributed by atoms with Crippen molar-refractivity contribution in [2.75, 3.05) is 20.3 Å². The van der Waals surface area contributed by atoms with E-state index in [9.17, 15) is 9.59 Å². The van der Waals surface area contributed by atoms with Crippen LogP contribution in [0.2, 0.25) is 0 Å². The molecular weight excluding hydrogens is 470 g/mol. The third-order valence-electron chi connectivity index (χ3n) is 6.45. The highest BCUT2D eigenvalue weighted by atomic mass is 16.6. The van der Waals surface area contributed by atoms with E-state index in [2.05, 4.69) is 11.7 Å². The minimum Gasteiger partial charge on any atom is -0.490 e. The number of esters is 1. The summed E-state index contributed by atoms with van der Waals surface area (Å²) in [6.45, 7) is 5.87. The van der Waals surface area contributed by atoms with Crippen molar-refractivity contribution in [3.05, 3.63) is 76.4 Å². The fourth-order valence-electron chi connectivity index (χ4n) is 4.68. The number of nitrogens with zero attached hydrogens (tertiary/aromatic N) is 3. The molecule has 1 aliphatic rings. The maximum Gasteiger partial charge on any atom is 0.343 e. The summed E-state index contributed by atoms with van der Waals surface area (Å²) in [7, 11) is 1.31. The number of allylic oxidation sites excluding steroid dienone is 1. The monoisotopic (exact) mass is 503 g/mol. The molecule has 37 heavy (non-hydrogen) atoms. The molecule has 3 aromatic rings. The summed E-state index contributed by atoms with van der Waals surface area (Å²) in [6.07, 6.45) is 9.30. The topological polar surface area (TPSA) is 92.0 Å². The van der Waals surface area contributed by atoms with E-state index in [-0.39, 0.29) is 18.1 Å². The molecule has 0 aliphatic heterocycles. The van der Waals surface area contributed by atoms with Gasteiger partial charge in [0.25, 0.3) is 5.56 Å². The third kappa shape index (κ3) is 6.07. The van der Waals surface area contributed by atoms with Gasteiger partial charge in [-0.15, -0.1) is 6.58 Å². The summed E-state index contributed by atoms with van der Waals surface area (Å²) in [6, 6.07) is 11.1. The number of carbonyl (C=O) groups is 1. The number of hydrogen-bond donors (Lipinski definition) is 0. The molecule has 1 heterocycles. The molecule has 1 aliphatic carbocycles. The van der Waals surface area contributed by atoms with Gasteiger partial charge in [-0.3, -0.25) is 4.79 Å². The van der Waals surface area contributed by atoms with Crippen molar-refractivity contribution in [1.82, 2.24) is 9.66 Å². The summed E-state index contributed by atoms with van der Waals surface area (Å²) in [5.74, 6) is 1.33. The lowest BCUT2D eigenvalue weighted by Crippen LogP contribution is -2.25. The van der Waals surface area contributed by atoms with Crippen molar-refractivity contribution in [1.29, 1.82) is 0 Å². The van der Waals surface area contributed by atoms with Crippen molar-refractivity contribution < 1.29 is 19.0 Å². The number of carbonyl (C=O) groups excluding carboxylic acids is 1. The Hall–Kier alpha value is -3.94. The van der Waals surface area contributed by atoms with E-state index >= 15 is 0 Å². The minimum absolute atomic E-state index is 0.184. The van der Waals surface area contributed by atoms with Crippen LogP contribution in [0, 0.1) is 0 Å². The van der Waals surface area contributed by atoms with Gasteiger partial charge in [0.1, 0.15) is 5.82 Å². The van der Waals surface area contributed by atoms with Gasteiger partial charge in [-0.2, -0.15) is 9.78 Å². The van der Waals surface area contributed by atoms with Crippen molar-refractivity contribution >= 4 is 23.1 Å². The summed E-state index contributed by atoms with van der Waals surface area (Å²) in [4.78, 5) is 30.0. The van der Waals surface area contributed by atoms with E-state index in [0.29, 0.717) is 41.3 Å². The Morgan fingerprint density at radius 2 is 1.97 bits per heavy atom. The second kappa shape index (κ2) is 12.3. The zero-order valence-electron chi connectivity index (χ0n) is 21.4. The molecule has 1 saturated carbocycles. The SMILES string of the molecule is C=CCc1cc(C=Nn2c(C3CCCCC3)nc3ccccc3c2=O)cc(OCC)c1OCC(=O)OC. The van der Waals surface area contributed by atoms with Crippen molar-refractivity contribution in [2.45, 2.75) is 51.4 Å². The Balaban J connectivity index is 1.78. The number of aromatic nitrogens is 2. The first-order chi connectivity index (χ1) is 18.0. The first kappa shape index (κ1) is 26.1. The Morgan fingerprint density at radius 1 is 1.19 bits per heavy atom. The maximum atomic E-state index is 13.5. The van der Waals surface area contributed by atoms with Crippen LogP contribution in [-0.4, -0.2) is 42.2 Å². The molecule has 0 atom stereocenters. The zero-order valence-corrected chi connectivity index (χ0v) is 21.4. The van der Waals surface area contributed by atoms with E-state index < -0.39 is 5.97 Å². The molecule has 0 saturated heterocycles. The maximum absolute atomic E-state index is 13.5. The van der Waals surface area contributed by atoms with Gasteiger partial charge in [0.2, 0.25) is 0 Å². The van der Waals surface area contributed by atoms with E-state index in [1.165, 1.54) is 18.2 Å². The van der Waals surface area contributed by atoms with Crippen LogP contribution in [-0.2, 0) is 16.0 Å². The van der Waals surface area contributed by atoms with E-state index in [0.717, 1.165) is 36.8 Å². The average molecular weight is 504 g/mol. The molecular formula is C29H33N3O5. The number of hydrogen-bond acceptors (Lipinski definition) is 7. The summed E-state index contributed by atoms with van der Waals surface area (Å²) >= 11 is 0. The lowest BCUT2D eigenvalue weighted by molar-refractivity contribution is -0.142. The summed E-state index contributed by atoms with van der Waals surface area (Å²) < 4.78 is 17.7. The minimum atomic E-state index is -0.490. The smallest absolute Gasteiger partial charge is 0.343 e. The molecule has 0 spiro atoms. The summed E-state index contributed by atoms with van der Waals surface area (Å²) in [5.41, 5.74) is 2.01. The van der Waals surface area contributed by atoms with Crippen LogP contribution in [0.3, 0.4) is 0 Å². The third-order valence-corrected chi connectivity index (χ3v) is 6.45. The lowest BCUT2D eigenvalue weighted by atomic mass is 9.88. The molecule has 8 heteroatoms.